The van der Waals surface area contributed by atoms with Crippen LogP contribution in [0.2, 0.25) is 0 Å². The molecule has 7 nitrogen and oxygen atoms in total. The predicted molar refractivity (Wildman–Crippen MR) is 136 cm³/mol. The minimum absolute atomic E-state index is 0.00177. The van der Waals surface area contributed by atoms with Crippen molar-refractivity contribution in [2.45, 2.75) is 12.5 Å². The number of hydrogen-bond donors (Lipinski definition) is 3. The molecule has 1 atom stereocenters. The van der Waals surface area contributed by atoms with Crippen molar-refractivity contribution in [1.29, 1.82) is 0 Å². The third kappa shape index (κ3) is 4.76. The molecule has 0 aliphatic rings. The van der Waals surface area contributed by atoms with Crippen LogP contribution in [0, 0.1) is 0 Å². The number of ketones is 1. The summed E-state index contributed by atoms with van der Waals surface area (Å²) in [7, 11) is 0. The average Bonchev–Trinajstić information content (AvgIpc) is 3.57. The fraction of sp³-hybridized carbons (Fsp3) is 0.107. The van der Waals surface area contributed by atoms with E-state index in [1.807, 2.05) is 71.4 Å². The first-order valence-electron chi connectivity index (χ1n) is 11.4. The van der Waals surface area contributed by atoms with Gasteiger partial charge < -0.3 is 20.6 Å². The van der Waals surface area contributed by atoms with E-state index in [1.54, 1.807) is 30.9 Å². The van der Waals surface area contributed by atoms with Gasteiger partial charge in [-0.1, -0.05) is 48.5 Å². The van der Waals surface area contributed by atoms with E-state index < -0.39 is 11.9 Å². The van der Waals surface area contributed by atoms with Crippen LogP contribution in [-0.4, -0.2) is 32.8 Å². The number of aromatic amines is 1. The number of benzene rings is 3. The Morgan fingerprint density at radius 1 is 1.03 bits per heavy atom. The minimum atomic E-state index is -0.492. The van der Waals surface area contributed by atoms with Crippen molar-refractivity contribution in [3.8, 4) is 5.69 Å². The lowest BCUT2D eigenvalue weighted by atomic mass is 9.96. The third-order valence-electron chi connectivity index (χ3n) is 6.13. The Hall–Kier alpha value is -4.49. The number of nitrogens with two attached hydrogens (primary N) is 1. The average molecular weight is 464 g/mol. The van der Waals surface area contributed by atoms with E-state index in [0.29, 0.717) is 24.1 Å². The van der Waals surface area contributed by atoms with Crippen LogP contribution in [0.1, 0.15) is 37.9 Å². The molecule has 0 radical (unpaired) electrons. The number of Topliss-reactive ketones (excluding diaryl/α,β-unsaturated/α-hetero) is 1. The summed E-state index contributed by atoms with van der Waals surface area (Å²) in [6.07, 6.45) is 7.85. The molecule has 35 heavy (non-hydrogen) atoms. The largest absolute Gasteiger partial charge is 0.366 e. The molecule has 2 heterocycles. The first kappa shape index (κ1) is 22.3. The maximum Gasteiger partial charge on any atom is 0.248 e. The van der Waals surface area contributed by atoms with Gasteiger partial charge in [0.1, 0.15) is 0 Å². The Bertz CT molecular complexity index is 1450. The molecule has 0 spiro atoms. The van der Waals surface area contributed by atoms with Crippen LogP contribution in [-0.2, 0) is 6.42 Å². The Labute approximate surface area is 202 Å². The number of primary amides is 1. The lowest BCUT2D eigenvalue weighted by Gasteiger charge is -2.18. The van der Waals surface area contributed by atoms with E-state index in [1.165, 1.54) is 0 Å². The summed E-state index contributed by atoms with van der Waals surface area (Å²) in [5.41, 5.74) is 10.3. The van der Waals surface area contributed by atoms with Gasteiger partial charge in [-0.15, -0.1) is 0 Å². The molecule has 0 saturated carbocycles. The summed E-state index contributed by atoms with van der Waals surface area (Å²) in [6.45, 7) is 0.592. The molecule has 0 unspecified atom stereocenters. The van der Waals surface area contributed by atoms with Crippen molar-refractivity contribution in [3.05, 3.63) is 120 Å². The predicted octanol–water partition coefficient (Wildman–Crippen LogP) is 4.21. The number of aromatic nitrogens is 3. The molecule has 0 bridgehead atoms. The monoisotopic (exact) mass is 463 g/mol. The van der Waals surface area contributed by atoms with Gasteiger partial charge in [-0.25, -0.2) is 4.98 Å². The highest BCUT2D eigenvalue weighted by Crippen LogP contribution is 2.26. The van der Waals surface area contributed by atoms with Gasteiger partial charge in [-0.3, -0.25) is 9.59 Å². The fourth-order valence-electron chi connectivity index (χ4n) is 4.25. The molecule has 0 aliphatic heterocycles. The summed E-state index contributed by atoms with van der Waals surface area (Å²) in [4.78, 5) is 32.4. The standard InChI is InChI=1S/C28H25N5O2/c29-28(35)21-8-6-19(7-9-21)12-13-31-26(20-4-2-1-3-5-20)27(34)24-17-32-25-16-22(10-11-23(24)25)33-15-14-30-18-33/h1-11,14-18,26,31-32H,12-13H2,(H2,29,35)/t26-/m0/s1. The third-order valence-corrected chi connectivity index (χ3v) is 6.13. The van der Waals surface area contributed by atoms with Crippen LogP contribution >= 0.6 is 0 Å². The molecule has 5 rings (SSSR count). The van der Waals surface area contributed by atoms with Crippen LogP contribution in [0.3, 0.4) is 0 Å². The molecule has 174 valence electrons. The van der Waals surface area contributed by atoms with Gasteiger partial charge in [0, 0.05) is 52.9 Å². The Morgan fingerprint density at radius 3 is 2.54 bits per heavy atom. The van der Waals surface area contributed by atoms with Gasteiger partial charge in [-0.2, -0.15) is 0 Å². The normalized spacial score (nSPS) is 12.0. The molecule has 0 aliphatic carbocycles. The van der Waals surface area contributed by atoms with Crippen molar-refractivity contribution >= 4 is 22.6 Å². The van der Waals surface area contributed by atoms with Crippen molar-refractivity contribution < 1.29 is 9.59 Å². The van der Waals surface area contributed by atoms with Gasteiger partial charge in [0.05, 0.1) is 12.4 Å². The minimum Gasteiger partial charge on any atom is -0.366 e. The fourth-order valence-corrected chi connectivity index (χ4v) is 4.25. The van der Waals surface area contributed by atoms with Crippen LogP contribution in [0.5, 0.6) is 0 Å². The number of H-pyrrole nitrogens is 1. The Kier molecular flexibility index (Phi) is 6.24. The number of fused-ring (bicyclic) bond motifs is 1. The molecule has 4 N–H and O–H groups in total. The highest BCUT2D eigenvalue weighted by atomic mass is 16.1. The summed E-state index contributed by atoms with van der Waals surface area (Å²) in [5.74, 6) is -0.442. The highest BCUT2D eigenvalue weighted by molar-refractivity contribution is 6.10. The Morgan fingerprint density at radius 2 is 1.83 bits per heavy atom. The zero-order chi connectivity index (χ0) is 24.2. The van der Waals surface area contributed by atoms with Gasteiger partial charge in [0.15, 0.2) is 5.78 Å². The number of amides is 1. The van der Waals surface area contributed by atoms with Crippen molar-refractivity contribution in [2.24, 2.45) is 5.73 Å². The lowest BCUT2D eigenvalue weighted by Crippen LogP contribution is -2.30. The summed E-state index contributed by atoms with van der Waals surface area (Å²) < 4.78 is 1.92. The van der Waals surface area contributed by atoms with E-state index in [0.717, 1.165) is 27.7 Å². The first-order valence-corrected chi connectivity index (χ1v) is 11.4. The first-order chi connectivity index (χ1) is 17.1. The van der Waals surface area contributed by atoms with E-state index >= 15 is 0 Å². The number of rotatable bonds is 9. The zero-order valence-electron chi connectivity index (χ0n) is 19.0. The molecule has 0 saturated heterocycles. The second-order valence-electron chi connectivity index (χ2n) is 8.38. The van der Waals surface area contributed by atoms with E-state index in [9.17, 15) is 9.59 Å². The van der Waals surface area contributed by atoms with Crippen molar-refractivity contribution in [2.75, 3.05) is 6.54 Å². The second-order valence-corrected chi connectivity index (χ2v) is 8.38. The number of imidazole rings is 1. The maximum absolute atomic E-state index is 13.7. The molecule has 5 aromatic rings. The van der Waals surface area contributed by atoms with Crippen LogP contribution < -0.4 is 11.1 Å². The molecular weight excluding hydrogens is 438 g/mol. The van der Waals surface area contributed by atoms with Crippen LogP contribution in [0.4, 0.5) is 0 Å². The SMILES string of the molecule is NC(=O)c1ccc(CCN[C@H](C(=O)c2c[nH]c3cc(-n4ccnc4)ccc23)c2ccccc2)cc1. The summed E-state index contributed by atoms with van der Waals surface area (Å²) >= 11 is 0. The van der Waals surface area contributed by atoms with E-state index in [2.05, 4.69) is 15.3 Å². The number of carbonyl (C=O) groups is 2. The Balaban J connectivity index is 1.37. The van der Waals surface area contributed by atoms with Gasteiger partial charge in [0.2, 0.25) is 5.91 Å². The molecular formula is C28H25N5O2. The second kappa shape index (κ2) is 9.79. The van der Waals surface area contributed by atoms with Gasteiger partial charge in [-0.05, 0) is 41.8 Å². The molecule has 3 aromatic carbocycles. The summed E-state index contributed by atoms with van der Waals surface area (Å²) in [6, 6.07) is 22.4. The van der Waals surface area contributed by atoms with Crippen molar-refractivity contribution in [1.82, 2.24) is 19.9 Å². The molecule has 2 aromatic heterocycles. The smallest absolute Gasteiger partial charge is 0.248 e. The molecule has 7 heteroatoms. The zero-order valence-corrected chi connectivity index (χ0v) is 19.0. The van der Waals surface area contributed by atoms with Gasteiger partial charge in [0.25, 0.3) is 0 Å². The van der Waals surface area contributed by atoms with E-state index in [4.69, 9.17) is 5.73 Å². The quantitative estimate of drug-likeness (QED) is 0.285. The van der Waals surface area contributed by atoms with E-state index in [-0.39, 0.29) is 5.78 Å². The molecule has 0 fully saturated rings. The number of nitrogens with zero attached hydrogens (tertiary/aromatic N) is 2. The number of carbonyl (C=O) groups excluding carboxylic acids is 2. The maximum atomic E-state index is 13.7. The van der Waals surface area contributed by atoms with Crippen molar-refractivity contribution in [3.63, 3.8) is 0 Å². The molecule has 1 amide bonds. The lowest BCUT2D eigenvalue weighted by molar-refractivity contribution is 0.0943. The van der Waals surface area contributed by atoms with Crippen LogP contribution in [0.15, 0.2) is 97.7 Å². The van der Waals surface area contributed by atoms with Gasteiger partial charge >= 0.3 is 0 Å². The summed E-state index contributed by atoms with van der Waals surface area (Å²) in [5, 5.41) is 4.32. The number of hydrogen-bond acceptors (Lipinski definition) is 4. The highest BCUT2D eigenvalue weighted by Gasteiger charge is 2.24. The number of nitrogens with one attached hydrogen (secondary N) is 2. The topological polar surface area (TPSA) is 106 Å². The van der Waals surface area contributed by atoms with Crippen LogP contribution in [0.25, 0.3) is 16.6 Å².